The molecule has 3 saturated heterocycles. The third kappa shape index (κ3) is 5.82. The van der Waals surface area contributed by atoms with E-state index in [0.717, 1.165) is 37.8 Å². The van der Waals surface area contributed by atoms with Crippen molar-refractivity contribution in [2.24, 2.45) is 5.92 Å². The zero-order chi connectivity index (χ0) is 28.7. The smallest absolute Gasteiger partial charge is 0.416 e. The van der Waals surface area contributed by atoms with Crippen molar-refractivity contribution in [1.82, 2.24) is 9.80 Å². The number of rotatable bonds is 7. The van der Waals surface area contributed by atoms with Gasteiger partial charge in [-0.05, 0) is 49.8 Å². The molecule has 1 aromatic carbocycles. The summed E-state index contributed by atoms with van der Waals surface area (Å²) in [5.74, 6) is -2.26. The highest BCUT2D eigenvalue weighted by atomic mass is 19.4. The number of alkyl halides is 4. The van der Waals surface area contributed by atoms with Crippen molar-refractivity contribution in [3.05, 3.63) is 29.3 Å². The Balaban J connectivity index is 1.39. The third-order valence-corrected chi connectivity index (χ3v) is 9.49. The minimum atomic E-state index is -4.53. The molecular formula is C29H39F4N3O4. The molecule has 3 heterocycles. The molecule has 1 aromatic rings. The number of carbonyl (C=O) groups is 2. The summed E-state index contributed by atoms with van der Waals surface area (Å²) in [7, 11) is 1.52. The zero-order valence-corrected chi connectivity index (χ0v) is 23.0. The topological polar surface area (TPSA) is 73.3 Å². The van der Waals surface area contributed by atoms with E-state index in [0.29, 0.717) is 56.2 Å². The van der Waals surface area contributed by atoms with Gasteiger partial charge in [-0.25, -0.2) is 4.39 Å². The standard InChI is InChI=1S/C29H39F4N3O4/c1-40-17-23-14-20(16-36(23)27(39)28(30)10-13-35(18-28)22-4-2-3-5-22)24-7-6-21(29(31,32)33)15-25(24)34-11-8-19(9-12-34)26(37)38/h6-7,15,19-20,22-23H,2-5,8-14,16-18H2,1H3,(H,37,38)/t20-,23+,28-/m1/s1. The number of methoxy groups -OCH3 is 1. The lowest BCUT2D eigenvalue weighted by Crippen LogP contribution is -2.51. The maximum absolute atomic E-state index is 16.2. The van der Waals surface area contributed by atoms with Crippen molar-refractivity contribution >= 4 is 17.6 Å². The molecule has 0 aromatic heterocycles. The van der Waals surface area contributed by atoms with E-state index < -0.39 is 35.2 Å². The van der Waals surface area contributed by atoms with Gasteiger partial charge >= 0.3 is 12.1 Å². The second-order valence-electron chi connectivity index (χ2n) is 12.0. The summed E-state index contributed by atoms with van der Waals surface area (Å²) in [6.07, 6.45) is 1.06. The Hall–Kier alpha value is -2.40. The summed E-state index contributed by atoms with van der Waals surface area (Å²) >= 11 is 0. The summed E-state index contributed by atoms with van der Waals surface area (Å²) in [5, 5.41) is 9.37. The lowest BCUT2D eigenvalue weighted by Gasteiger charge is -2.35. The summed E-state index contributed by atoms with van der Waals surface area (Å²) < 4.78 is 62.7. The van der Waals surface area contributed by atoms with Gasteiger partial charge in [0.2, 0.25) is 5.67 Å². The molecular weight excluding hydrogens is 530 g/mol. The quantitative estimate of drug-likeness (QED) is 0.481. The first kappa shape index (κ1) is 29.1. The number of carbonyl (C=O) groups excluding carboxylic acids is 1. The molecule has 222 valence electrons. The fourth-order valence-corrected chi connectivity index (χ4v) is 7.26. The molecule has 4 fully saturated rings. The molecule has 3 atom stereocenters. The molecule has 11 heteroatoms. The maximum Gasteiger partial charge on any atom is 0.416 e. The molecule has 1 aliphatic carbocycles. The molecule has 0 bridgehead atoms. The van der Waals surface area contributed by atoms with Crippen LogP contribution in [-0.2, 0) is 20.5 Å². The Morgan fingerprint density at radius 2 is 1.80 bits per heavy atom. The molecule has 3 aliphatic heterocycles. The monoisotopic (exact) mass is 569 g/mol. The number of anilines is 1. The number of amides is 1. The fraction of sp³-hybridized carbons (Fsp3) is 0.724. The fourth-order valence-electron chi connectivity index (χ4n) is 7.26. The number of hydrogen-bond acceptors (Lipinski definition) is 5. The molecule has 1 N–H and O–H groups in total. The summed E-state index contributed by atoms with van der Waals surface area (Å²) in [6.45, 7) is 1.70. The van der Waals surface area contributed by atoms with Crippen LogP contribution in [0, 0.1) is 5.92 Å². The van der Waals surface area contributed by atoms with Crippen LogP contribution in [0.5, 0.6) is 0 Å². The molecule has 7 nitrogen and oxygen atoms in total. The van der Waals surface area contributed by atoms with E-state index in [1.807, 2.05) is 4.90 Å². The molecule has 4 aliphatic rings. The summed E-state index contributed by atoms with van der Waals surface area (Å²) in [5.41, 5.74) is -1.67. The first-order chi connectivity index (χ1) is 19.0. The van der Waals surface area contributed by atoms with Crippen LogP contribution in [0.3, 0.4) is 0 Å². The Labute approximate surface area is 232 Å². The van der Waals surface area contributed by atoms with Gasteiger partial charge in [-0.2, -0.15) is 13.2 Å². The number of piperidine rings is 1. The number of aliphatic carboxylic acids is 1. The normalized spacial score (nSPS) is 29.0. The van der Waals surface area contributed by atoms with Crippen molar-refractivity contribution in [2.45, 2.75) is 81.2 Å². The lowest BCUT2D eigenvalue weighted by molar-refractivity contribution is -0.145. The zero-order valence-electron chi connectivity index (χ0n) is 23.0. The van der Waals surface area contributed by atoms with Crippen molar-refractivity contribution in [2.75, 3.05) is 51.3 Å². The molecule has 0 radical (unpaired) electrons. The predicted octanol–water partition coefficient (Wildman–Crippen LogP) is 4.69. The van der Waals surface area contributed by atoms with Crippen LogP contribution in [0.25, 0.3) is 0 Å². The molecule has 5 rings (SSSR count). The van der Waals surface area contributed by atoms with Gasteiger partial charge in [0, 0.05) is 63.9 Å². The van der Waals surface area contributed by atoms with E-state index in [1.165, 1.54) is 13.2 Å². The minimum Gasteiger partial charge on any atom is -0.481 e. The maximum atomic E-state index is 16.2. The van der Waals surface area contributed by atoms with Crippen LogP contribution in [0.15, 0.2) is 18.2 Å². The van der Waals surface area contributed by atoms with E-state index >= 15 is 4.39 Å². The number of likely N-dealkylation sites (tertiary alicyclic amines) is 2. The van der Waals surface area contributed by atoms with E-state index in [-0.39, 0.29) is 38.1 Å². The number of carboxylic acid groups (broad SMARTS) is 1. The first-order valence-electron chi connectivity index (χ1n) is 14.4. The number of halogens is 4. The number of nitrogens with zero attached hydrogens (tertiary/aromatic N) is 3. The SMILES string of the molecule is COC[C@@H]1C[C@@H](c2ccc(C(F)(F)F)cc2N2CCC(C(=O)O)CC2)CN1C(=O)[C@@]1(F)CCN(C2CCCC2)C1. The highest BCUT2D eigenvalue weighted by Gasteiger charge is 2.52. The molecule has 0 unspecified atom stereocenters. The molecule has 40 heavy (non-hydrogen) atoms. The number of hydrogen-bond donors (Lipinski definition) is 1. The van der Waals surface area contributed by atoms with Gasteiger partial charge in [0.05, 0.1) is 24.1 Å². The van der Waals surface area contributed by atoms with E-state index in [2.05, 4.69) is 4.90 Å². The van der Waals surface area contributed by atoms with Gasteiger partial charge in [-0.15, -0.1) is 0 Å². The van der Waals surface area contributed by atoms with Crippen LogP contribution in [0.2, 0.25) is 0 Å². The highest BCUT2D eigenvalue weighted by Crippen LogP contribution is 2.43. The van der Waals surface area contributed by atoms with Crippen molar-refractivity contribution in [3.8, 4) is 0 Å². The van der Waals surface area contributed by atoms with Crippen molar-refractivity contribution in [1.29, 1.82) is 0 Å². The summed E-state index contributed by atoms with van der Waals surface area (Å²) in [4.78, 5) is 30.7. The van der Waals surface area contributed by atoms with Gasteiger partial charge in [0.15, 0.2) is 0 Å². The number of benzene rings is 1. The van der Waals surface area contributed by atoms with Gasteiger partial charge in [0.1, 0.15) is 0 Å². The highest BCUT2D eigenvalue weighted by molar-refractivity contribution is 5.86. The third-order valence-electron chi connectivity index (χ3n) is 9.49. The Kier molecular flexibility index (Phi) is 8.34. The van der Waals surface area contributed by atoms with Gasteiger partial charge in [-0.1, -0.05) is 18.9 Å². The van der Waals surface area contributed by atoms with E-state index in [4.69, 9.17) is 4.74 Å². The van der Waals surface area contributed by atoms with Crippen LogP contribution in [0.1, 0.15) is 68.4 Å². The molecule has 0 spiro atoms. The Bertz CT molecular complexity index is 1090. The molecule has 1 saturated carbocycles. The Morgan fingerprint density at radius 3 is 2.42 bits per heavy atom. The van der Waals surface area contributed by atoms with E-state index in [9.17, 15) is 27.9 Å². The average molecular weight is 570 g/mol. The average Bonchev–Trinajstić information content (AvgIpc) is 3.68. The number of ether oxygens (including phenoxy) is 1. The first-order valence-corrected chi connectivity index (χ1v) is 14.4. The van der Waals surface area contributed by atoms with Gasteiger partial charge in [-0.3, -0.25) is 14.5 Å². The van der Waals surface area contributed by atoms with Crippen LogP contribution in [0.4, 0.5) is 23.2 Å². The van der Waals surface area contributed by atoms with E-state index in [1.54, 1.807) is 4.90 Å². The van der Waals surface area contributed by atoms with Crippen molar-refractivity contribution in [3.63, 3.8) is 0 Å². The van der Waals surface area contributed by atoms with Gasteiger partial charge in [0.25, 0.3) is 5.91 Å². The second kappa shape index (κ2) is 11.5. The van der Waals surface area contributed by atoms with Gasteiger partial charge < -0.3 is 19.6 Å². The Morgan fingerprint density at radius 1 is 1.10 bits per heavy atom. The van der Waals surface area contributed by atoms with Crippen LogP contribution < -0.4 is 4.90 Å². The molecule has 1 amide bonds. The number of carboxylic acids is 1. The van der Waals surface area contributed by atoms with Crippen molar-refractivity contribution < 1.29 is 37.0 Å². The summed E-state index contributed by atoms with van der Waals surface area (Å²) in [6, 6.07) is 3.62. The van der Waals surface area contributed by atoms with Crippen LogP contribution in [-0.4, -0.2) is 91.0 Å². The van der Waals surface area contributed by atoms with Crippen LogP contribution >= 0.6 is 0 Å². The lowest BCUT2D eigenvalue weighted by atomic mass is 9.91. The minimum absolute atomic E-state index is 0.0847. The second-order valence-corrected chi connectivity index (χ2v) is 12.0. The largest absolute Gasteiger partial charge is 0.481 e. The predicted molar refractivity (Wildman–Crippen MR) is 141 cm³/mol.